The van der Waals surface area contributed by atoms with Gasteiger partial charge < -0.3 is 5.11 Å². The Morgan fingerprint density at radius 3 is 2.45 bits per heavy atom. The number of hydrogen-bond acceptors (Lipinski definition) is 6. The highest BCUT2D eigenvalue weighted by Gasteiger charge is 2.27. The first-order valence-corrected chi connectivity index (χ1v) is 11.0. The van der Waals surface area contributed by atoms with Crippen molar-refractivity contribution in [1.82, 2.24) is 35.4 Å². The molecule has 0 aliphatic heterocycles. The van der Waals surface area contributed by atoms with Crippen LogP contribution in [0.5, 0.6) is 0 Å². The van der Waals surface area contributed by atoms with Crippen LogP contribution in [-0.4, -0.2) is 46.5 Å². The van der Waals surface area contributed by atoms with E-state index in [4.69, 9.17) is 0 Å². The van der Waals surface area contributed by atoms with Gasteiger partial charge in [0, 0.05) is 18.4 Å². The smallest absolute Gasteiger partial charge is 0.309 e. The minimum Gasteiger partial charge on any atom is -0.481 e. The van der Waals surface area contributed by atoms with Gasteiger partial charge in [-0.2, -0.15) is 10.3 Å². The van der Waals surface area contributed by atoms with Crippen molar-refractivity contribution in [3.05, 3.63) is 65.7 Å². The van der Waals surface area contributed by atoms with E-state index in [1.807, 2.05) is 35.9 Å². The summed E-state index contributed by atoms with van der Waals surface area (Å²) in [6, 6.07) is 16.2. The molecule has 4 rings (SSSR count). The lowest BCUT2D eigenvalue weighted by atomic mass is 9.88. The Morgan fingerprint density at radius 1 is 1.09 bits per heavy atom. The van der Waals surface area contributed by atoms with Crippen LogP contribution < -0.4 is 0 Å². The molecule has 0 saturated carbocycles. The number of benzene rings is 2. The average Bonchev–Trinajstić information content (AvgIpc) is 3.48. The third kappa shape index (κ3) is 4.97. The maximum absolute atomic E-state index is 11.5. The number of rotatable bonds is 9. The van der Waals surface area contributed by atoms with Gasteiger partial charge in [0.25, 0.3) is 0 Å². The SMILES string of the molecule is CCc1nc(CCC(C)(C)C(=O)O)n(Cc2ccc(-c3ccccc3-c3nn[nH]n3)cc2)n1. The van der Waals surface area contributed by atoms with Gasteiger partial charge in [-0.3, -0.25) is 4.79 Å². The summed E-state index contributed by atoms with van der Waals surface area (Å²) in [5, 5.41) is 28.4. The Bertz CT molecular complexity index is 1230. The molecular weight excluding hydrogens is 418 g/mol. The molecule has 4 aromatic rings. The number of aromatic nitrogens is 7. The maximum atomic E-state index is 11.5. The van der Waals surface area contributed by atoms with Crippen LogP contribution in [0.15, 0.2) is 48.5 Å². The fourth-order valence-corrected chi connectivity index (χ4v) is 3.59. The normalized spacial score (nSPS) is 11.6. The van der Waals surface area contributed by atoms with E-state index < -0.39 is 11.4 Å². The summed E-state index contributed by atoms with van der Waals surface area (Å²) in [6.07, 6.45) is 1.78. The number of aliphatic carboxylic acids is 1. The second kappa shape index (κ2) is 9.32. The fraction of sp³-hybridized carbons (Fsp3) is 0.333. The molecule has 2 aromatic carbocycles. The fourth-order valence-electron chi connectivity index (χ4n) is 3.59. The van der Waals surface area contributed by atoms with Crippen molar-refractivity contribution in [2.75, 3.05) is 0 Å². The summed E-state index contributed by atoms with van der Waals surface area (Å²) < 4.78 is 1.89. The molecule has 0 fully saturated rings. The summed E-state index contributed by atoms with van der Waals surface area (Å²) in [6.45, 7) is 6.06. The van der Waals surface area contributed by atoms with Crippen molar-refractivity contribution in [2.24, 2.45) is 5.41 Å². The van der Waals surface area contributed by atoms with Crippen LogP contribution in [0.3, 0.4) is 0 Å². The van der Waals surface area contributed by atoms with E-state index in [2.05, 4.69) is 55.0 Å². The average molecular weight is 446 g/mol. The van der Waals surface area contributed by atoms with E-state index in [1.165, 1.54) is 0 Å². The van der Waals surface area contributed by atoms with Crippen LogP contribution in [-0.2, 0) is 24.2 Å². The lowest BCUT2D eigenvalue weighted by Gasteiger charge is -2.18. The van der Waals surface area contributed by atoms with E-state index >= 15 is 0 Å². The molecule has 0 unspecified atom stereocenters. The van der Waals surface area contributed by atoms with Gasteiger partial charge in [0.1, 0.15) is 5.82 Å². The molecule has 0 bridgehead atoms. The van der Waals surface area contributed by atoms with Gasteiger partial charge in [0.05, 0.1) is 12.0 Å². The van der Waals surface area contributed by atoms with Crippen LogP contribution >= 0.6 is 0 Å². The molecule has 2 heterocycles. The molecule has 0 aliphatic carbocycles. The highest BCUT2D eigenvalue weighted by Crippen LogP contribution is 2.30. The molecule has 2 aromatic heterocycles. The number of carboxylic acids is 1. The molecule has 0 aliphatic rings. The molecule has 170 valence electrons. The van der Waals surface area contributed by atoms with Gasteiger partial charge >= 0.3 is 5.97 Å². The van der Waals surface area contributed by atoms with E-state index in [9.17, 15) is 9.90 Å². The third-order valence-corrected chi connectivity index (χ3v) is 5.77. The number of tetrazole rings is 1. The zero-order valence-corrected chi connectivity index (χ0v) is 19.0. The van der Waals surface area contributed by atoms with E-state index in [0.29, 0.717) is 25.2 Å². The van der Waals surface area contributed by atoms with Crippen molar-refractivity contribution in [3.63, 3.8) is 0 Å². The number of carboxylic acid groups (broad SMARTS) is 1. The van der Waals surface area contributed by atoms with Crippen LogP contribution in [0.25, 0.3) is 22.5 Å². The predicted octanol–water partition coefficient (Wildman–Crippen LogP) is 3.78. The van der Waals surface area contributed by atoms with Crippen molar-refractivity contribution in [2.45, 2.75) is 46.6 Å². The van der Waals surface area contributed by atoms with Crippen molar-refractivity contribution >= 4 is 5.97 Å². The maximum Gasteiger partial charge on any atom is 0.309 e. The van der Waals surface area contributed by atoms with Gasteiger partial charge in [0.15, 0.2) is 5.82 Å². The van der Waals surface area contributed by atoms with Gasteiger partial charge in [-0.25, -0.2) is 9.67 Å². The van der Waals surface area contributed by atoms with E-state index in [0.717, 1.165) is 40.3 Å². The third-order valence-electron chi connectivity index (χ3n) is 5.77. The quantitative estimate of drug-likeness (QED) is 0.402. The monoisotopic (exact) mass is 445 g/mol. The minimum atomic E-state index is -0.809. The van der Waals surface area contributed by atoms with Crippen LogP contribution in [0.4, 0.5) is 0 Å². The Kier molecular flexibility index (Phi) is 6.30. The van der Waals surface area contributed by atoms with Crippen LogP contribution in [0.2, 0.25) is 0 Å². The van der Waals surface area contributed by atoms with Crippen LogP contribution in [0.1, 0.15) is 44.4 Å². The molecule has 2 N–H and O–H groups in total. The molecule has 33 heavy (non-hydrogen) atoms. The first-order chi connectivity index (χ1) is 15.9. The standard InChI is InChI=1S/C24H27N7O2/c1-4-20-25-21(13-14-24(2,3)23(32)33)31(28-20)15-16-9-11-17(12-10-16)18-7-5-6-8-19(18)22-26-29-30-27-22/h5-12H,4,13-15H2,1-3H3,(H,32,33)(H,26,27,29,30). The number of aryl methyl sites for hydroxylation is 2. The molecule has 0 radical (unpaired) electrons. The van der Waals surface area contributed by atoms with Gasteiger partial charge in [-0.1, -0.05) is 55.5 Å². The molecule has 0 atom stereocenters. The lowest BCUT2D eigenvalue weighted by Crippen LogP contribution is -2.24. The zero-order valence-electron chi connectivity index (χ0n) is 19.0. The molecular formula is C24H27N7O2. The number of carbonyl (C=O) groups is 1. The Morgan fingerprint density at radius 2 is 1.82 bits per heavy atom. The number of hydrogen-bond donors (Lipinski definition) is 2. The Labute approximate surface area is 191 Å². The van der Waals surface area contributed by atoms with E-state index in [1.54, 1.807) is 13.8 Å². The molecule has 9 heteroatoms. The molecule has 0 amide bonds. The van der Waals surface area contributed by atoms with Crippen molar-refractivity contribution in [1.29, 1.82) is 0 Å². The second-order valence-electron chi connectivity index (χ2n) is 8.62. The Hall–Kier alpha value is -3.88. The van der Waals surface area contributed by atoms with Crippen molar-refractivity contribution < 1.29 is 9.90 Å². The lowest BCUT2D eigenvalue weighted by molar-refractivity contribution is -0.147. The first-order valence-electron chi connectivity index (χ1n) is 11.0. The van der Waals surface area contributed by atoms with Gasteiger partial charge in [-0.15, -0.1) is 10.2 Å². The summed E-state index contributed by atoms with van der Waals surface area (Å²) >= 11 is 0. The minimum absolute atomic E-state index is 0.496. The van der Waals surface area contributed by atoms with Crippen molar-refractivity contribution in [3.8, 4) is 22.5 Å². The predicted molar refractivity (Wildman–Crippen MR) is 123 cm³/mol. The summed E-state index contributed by atoms with van der Waals surface area (Å²) in [5.41, 5.74) is 3.26. The first kappa shape index (κ1) is 22.3. The summed E-state index contributed by atoms with van der Waals surface area (Å²) in [4.78, 5) is 16.1. The number of nitrogens with one attached hydrogen (secondary N) is 1. The Balaban J connectivity index is 1.55. The number of H-pyrrole nitrogens is 1. The van der Waals surface area contributed by atoms with Gasteiger partial charge in [0.2, 0.25) is 5.82 Å². The highest BCUT2D eigenvalue weighted by molar-refractivity contribution is 5.80. The zero-order chi connectivity index (χ0) is 23.4. The van der Waals surface area contributed by atoms with Gasteiger partial charge in [-0.05, 0) is 42.2 Å². The number of aromatic amines is 1. The molecule has 0 saturated heterocycles. The second-order valence-corrected chi connectivity index (χ2v) is 8.62. The van der Waals surface area contributed by atoms with E-state index in [-0.39, 0.29) is 0 Å². The molecule has 9 nitrogen and oxygen atoms in total. The summed E-state index contributed by atoms with van der Waals surface area (Å²) in [5.74, 6) is 1.33. The van der Waals surface area contributed by atoms with Crippen LogP contribution in [0, 0.1) is 5.41 Å². The largest absolute Gasteiger partial charge is 0.481 e. The number of nitrogens with zero attached hydrogens (tertiary/aromatic N) is 6. The summed E-state index contributed by atoms with van der Waals surface area (Å²) in [7, 11) is 0. The topological polar surface area (TPSA) is 122 Å². The highest BCUT2D eigenvalue weighted by atomic mass is 16.4. The molecule has 0 spiro atoms.